The number of para-hydroxylation sites is 1. The molecule has 0 saturated heterocycles. The van der Waals surface area contributed by atoms with Gasteiger partial charge in [0.05, 0.1) is 5.69 Å². The minimum absolute atomic E-state index is 0.184. The van der Waals surface area contributed by atoms with Crippen molar-refractivity contribution < 1.29 is 4.39 Å². The van der Waals surface area contributed by atoms with Gasteiger partial charge < -0.3 is 10.2 Å². The van der Waals surface area contributed by atoms with Gasteiger partial charge in [0, 0.05) is 19.1 Å². The van der Waals surface area contributed by atoms with E-state index in [2.05, 4.69) is 31.1 Å². The van der Waals surface area contributed by atoms with Crippen molar-refractivity contribution in [2.75, 3.05) is 25.5 Å². The summed E-state index contributed by atoms with van der Waals surface area (Å²) in [5.74, 6) is -0.184. The number of rotatable bonds is 7. The van der Waals surface area contributed by atoms with Gasteiger partial charge in [-0.15, -0.1) is 0 Å². The highest BCUT2D eigenvalue weighted by atomic mass is 19.1. The van der Waals surface area contributed by atoms with Gasteiger partial charge in [-0.1, -0.05) is 25.5 Å². The zero-order chi connectivity index (χ0) is 12.7. The second-order valence-electron chi connectivity index (χ2n) is 4.52. The maximum Gasteiger partial charge on any atom is 0.146 e. The van der Waals surface area contributed by atoms with Crippen molar-refractivity contribution in [3.8, 4) is 0 Å². The molecule has 0 radical (unpaired) electrons. The molecule has 1 aromatic carbocycles. The molecule has 0 aliphatic heterocycles. The Balaban J connectivity index is 2.30. The van der Waals surface area contributed by atoms with E-state index in [4.69, 9.17) is 0 Å². The number of halogens is 1. The summed E-state index contributed by atoms with van der Waals surface area (Å²) in [5.41, 5.74) is 0.587. The summed E-state index contributed by atoms with van der Waals surface area (Å²) in [6.07, 6.45) is 2.41. The first kappa shape index (κ1) is 14.0. The molecule has 0 aromatic heterocycles. The molecule has 17 heavy (non-hydrogen) atoms. The molecule has 1 N–H and O–H groups in total. The van der Waals surface area contributed by atoms with Gasteiger partial charge >= 0.3 is 0 Å². The largest absolute Gasteiger partial charge is 0.381 e. The quantitative estimate of drug-likeness (QED) is 0.783. The first-order valence-electron chi connectivity index (χ1n) is 6.33. The predicted molar refractivity (Wildman–Crippen MR) is 71.9 cm³/mol. The van der Waals surface area contributed by atoms with E-state index in [1.54, 1.807) is 12.1 Å². The van der Waals surface area contributed by atoms with Crippen LogP contribution >= 0.6 is 0 Å². The van der Waals surface area contributed by atoms with Crippen LogP contribution in [0, 0.1) is 5.82 Å². The lowest BCUT2D eigenvalue weighted by molar-refractivity contribution is 0.254. The molecule has 1 atom stereocenters. The second-order valence-corrected chi connectivity index (χ2v) is 4.52. The van der Waals surface area contributed by atoms with Crippen LogP contribution in [-0.2, 0) is 0 Å². The highest BCUT2D eigenvalue weighted by Gasteiger charge is 2.07. The van der Waals surface area contributed by atoms with Crippen LogP contribution in [0.2, 0.25) is 0 Å². The maximum absolute atomic E-state index is 13.3. The molecule has 0 saturated carbocycles. The van der Waals surface area contributed by atoms with Crippen LogP contribution in [0.1, 0.15) is 26.7 Å². The molecule has 1 aromatic rings. The normalized spacial score (nSPS) is 12.8. The molecule has 0 aliphatic carbocycles. The van der Waals surface area contributed by atoms with Gasteiger partial charge in [0.15, 0.2) is 0 Å². The monoisotopic (exact) mass is 238 g/mol. The standard InChI is InChI=1S/C14H23FN2/c1-4-7-12(2)17(3)11-10-16-14-9-6-5-8-13(14)15/h5-6,8-9,12,16H,4,7,10-11H2,1-3H3. The summed E-state index contributed by atoms with van der Waals surface area (Å²) in [4.78, 5) is 2.30. The van der Waals surface area contributed by atoms with Crippen LogP contribution in [0.25, 0.3) is 0 Å². The minimum atomic E-state index is -0.184. The molecule has 2 nitrogen and oxygen atoms in total. The van der Waals surface area contributed by atoms with Crippen LogP contribution < -0.4 is 5.32 Å². The summed E-state index contributed by atoms with van der Waals surface area (Å²) in [6, 6.07) is 7.38. The van der Waals surface area contributed by atoms with E-state index in [-0.39, 0.29) is 5.82 Å². The van der Waals surface area contributed by atoms with E-state index in [1.165, 1.54) is 18.9 Å². The highest BCUT2D eigenvalue weighted by molar-refractivity contribution is 5.44. The summed E-state index contributed by atoms with van der Waals surface area (Å²) < 4.78 is 13.3. The first-order chi connectivity index (χ1) is 8.15. The Morgan fingerprint density at radius 2 is 2.06 bits per heavy atom. The topological polar surface area (TPSA) is 15.3 Å². The average Bonchev–Trinajstić information content (AvgIpc) is 2.31. The van der Waals surface area contributed by atoms with Gasteiger partial charge in [-0.25, -0.2) is 4.39 Å². The van der Waals surface area contributed by atoms with Crippen LogP contribution in [0.4, 0.5) is 10.1 Å². The summed E-state index contributed by atoms with van der Waals surface area (Å²) >= 11 is 0. The fourth-order valence-electron chi connectivity index (χ4n) is 1.83. The molecule has 0 aliphatic rings. The highest BCUT2D eigenvalue weighted by Crippen LogP contribution is 2.12. The number of benzene rings is 1. The number of hydrogen-bond acceptors (Lipinski definition) is 2. The number of hydrogen-bond donors (Lipinski definition) is 1. The maximum atomic E-state index is 13.3. The lowest BCUT2D eigenvalue weighted by Gasteiger charge is -2.24. The smallest absolute Gasteiger partial charge is 0.146 e. The van der Waals surface area contributed by atoms with E-state index in [1.807, 2.05) is 6.07 Å². The number of anilines is 1. The van der Waals surface area contributed by atoms with Crippen molar-refractivity contribution in [3.05, 3.63) is 30.1 Å². The summed E-state index contributed by atoms with van der Waals surface area (Å²) in [7, 11) is 2.11. The molecule has 0 bridgehead atoms. The Morgan fingerprint density at radius 3 is 2.71 bits per heavy atom. The number of nitrogens with one attached hydrogen (secondary N) is 1. The Bertz CT molecular complexity index is 328. The van der Waals surface area contributed by atoms with Crippen LogP contribution in [0.5, 0.6) is 0 Å². The van der Waals surface area contributed by atoms with E-state index in [9.17, 15) is 4.39 Å². The summed E-state index contributed by atoms with van der Waals surface area (Å²) in [5, 5.41) is 3.12. The fraction of sp³-hybridized carbons (Fsp3) is 0.571. The average molecular weight is 238 g/mol. The van der Waals surface area contributed by atoms with E-state index in [0.29, 0.717) is 11.7 Å². The van der Waals surface area contributed by atoms with Gasteiger partial charge in [0.1, 0.15) is 5.82 Å². The number of nitrogens with zero attached hydrogens (tertiary/aromatic N) is 1. The van der Waals surface area contributed by atoms with E-state index >= 15 is 0 Å². The Morgan fingerprint density at radius 1 is 1.35 bits per heavy atom. The molecular weight excluding hydrogens is 215 g/mol. The van der Waals surface area contributed by atoms with Crippen molar-refractivity contribution in [3.63, 3.8) is 0 Å². The molecule has 0 heterocycles. The van der Waals surface area contributed by atoms with E-state index < -0.39 is 0 Å². The lowest BCUT2D eigenvalue weighted by Crippen LogP contribution is -2.33. The van der Waals surface area contributed by atoms with Crippen molar-refractivity contribution in [2.45, 2.75) is 32.7 Å². The molecule has 1 unspecified atom stereocenters. The Kier molecular flexibility index (Phi) is 5.98. The fourth-order valence-corrected chi connectivity index (χ4v) is 1.83. The molecule has 0 fully saturated rings. The zero-order valence-electron chi connectivity index (χ0n) is 11.0. The van der Waals surface area contributed by atoms with E-state index in [0.717, 1.165) is 13.1 Å². The molecule has 3 heteroatoms. The van der Waals surface area contributed by atoms with Crippen molar-refractivity contribution >= 4 is 5.69 Å². The molecule has 1 rings (SSSR count). The third-order valence-electron chi connectivity index (χ3n) is 3.11. The SMILES string of the molecule is CCCC(C)N(C)CCNc1ccccc1F. The second kappa shape index (κ2) is 7.28. The number of likely N-dealkylation sites (N-methyl/N-ethyl adjacent to an activating group) is 1. The van der Waals surface area contributed by atoms with Gasteiger partial charge in [-0.3, -0.25) is 0 Å². The van der Waals surface area contributed by atoms with Gasteiger partial charge in [0.2, 0.25) is 0 Å². The van der Waals surface area contributed by atoms with Gasteiger partial charge in [0.25, 0.3) is 0 Å². The Hall–Kier alpha value is -1.09. The molecule has 96 valence electrons. The zero-order valence-corrected chi connectivity index (χ0v) is 11.0. The third kappa shape index (κ3) is 4.73. The molecule has 0 amide bonds. The van der Waals surface area contributed by atoms with Crippen LogP contribution in [0.3, 0.4) is 0 Å². The van der Waals surface area contributed by atoms with Crippen LogP contribution in [0.15, 0.2) is 24.3 Å². The minimum Gasteiger partial charge on any atom is -0.381 e. The summed E-state index contributed by atoms with van der Waals surface area (Å²) in [6.45, 7) is 6.12. The Labute approximate surface area is 104 Å². The lowest BCUT2D eigenvalue weighted by atomic mass is 10.2. The van der Waals surface area contributed by atoms with Gasteiger partial charge in [-0.05, 0) is 32.5 Å². The first-order valence-corrected chi connectivity index (χ1v) is 6.33. The van der Waals surface area contributed by atoms with Gasteiger partial charge in [-0.2, -0.15) is 0 Å². The van der Waals surface area contributed by atoms with Crippen molar-refractivity contribution in [1.29, 1.82) is 0 Å². The third-order valence-corrected chi connectivity index (χ3v) is 3.11. The van der Waals surface area contributed by atoms with Crippen molar-refractivity contribution in [1.82, 2.24) is 4.90 Å². The predicted octanol–water partition coefficient (Wildman–Crippen LogP) is 3.36. The molecule has 0 spiro atoms. The van der Waals surface area contributed by atoms with Crippen LogP contribution in [-0.4, -0.2) is 31.1 Å². The van der Waals surface area contributed by atoms with Crippen molar-refractivity contribution in [2.24, 2.45) is 0 Å². The molecular formula is C14H23FN2.